The van der Waals surface area contributed by atoms with Crippen molar-refractivity contribution >= 4 is 28.7 Å². The molecule has 30 heavy (non-hydrogen) atoms. The van der Waals surface area contributed by atoms with Gasteiger partial charge in [0.1, 0.15) is 6.04 Å². The van der Waals surface area contributed by atoms with Crippen LogP contribution in [0.15, 0.2) is 65.5 Å². The number of pyridine rings is 1. The van der Waals surface area contributed by atoms with Gasteiger partial charge in [-0.2, -0.15) is 0 Å². The number of esters is 2. The van der Waals surface area contributed by atoms with E-state index in [1.165, 1.54) is 7.11 Å². The van der Waals surface area contributed by atoms with Crippen LogP contribution in [-0.2, 0) is 25.5 Å². The van der Waals surface area contributed by atoms with Crippen molar-refractivity contribution in [3.63, 3.8) is 0 Å². The Morgan fingerprint density at radius 2 is 1.73 bits per heavy atom. The van der Waals surface area contributed by atoms with E-state index < -0.39 is 36.1 Å². The van der Waals surface area contributed by atoms with Crippen molar-refractivity contribution in [1.29, 1.82) is 0 Å². The number of aromatic amines is 1. The summed E-state index contributed by atoms with van der Waals surface area (Å²) in [5.74, 6) is -2.09. The highest BCUT2D eigenvalue weighted by molar-refractivity contribution is 6.03. The molecule has 1 aromatic heterocycles. The van der Waals surface area contributed by atoms with Crippen LogP contribution in [0, 0.1) is 0 Å². The summed E-state index contributed by atoms with van der Waals surface area (Å²) in [5, 5.41) is 3.01. The smallest absolute Gasteiger partial charge is 0.339 e. The van der Waals surface area contributed by atoms with Crippen molar-refractivity contribution in [3.8, 4) is 0 Å². The fourth-order valence-corrected chi connectivity index (χ4v) is 3.00. The van der Waals surface area contributed by atoms with Crippen molar-refractivity contribution < 1.29 is 23.9 Å². The minimum atomic E-state index is -0.927. The number of carbonyl (C=O) groups is 3. The molecule has 2 aromatic carbocycles. The quantitative estimate of drug-likeness (QED) is 0.574. The zero-order chi connectivity index (χ0) is 21.5. The SMILES string of the molecule is COC(=O)[C@H](Cc1ccccc1)NC(=O)COC(=O)c1cc(=O)[nH]c2ccccc12. The number of para-hydroxylation sites is 1. The van der Waals surface area contributed by atoms with Crippen LogP contribution in [0.2, 0.25) is 0 Å². The molecule has 8 heteroatoms. The molecule has 0 spiro atoms. The van der Waals surface area contributed by atoms with Gasteiger partial charge in [0.25, 0.3) is 5.91 Å². The second kappa shape index (κ2) is 9.51. The second-order valence-corrected chi connectivity index (χ2v) is 6.50. The molecular weight excluding hydrogens is 388 g/mol. The molecule has 1 amide bonds. The number of benzene rings is 2. The highest BCUT2D eigenvalue weighted by atomic mass is 16.5. The first-order valence-electron chi connectivity index (χ1n) is 9.18. The fraction of sp³-hybridized carbons (Fsp3) is 0.182. The van der Waals surface area contributed by atoms with Crippen molar-refractivity contribution in [2.75, 3.05) is 13.7 Å². The normalized spacial score (nSPS) is 11.5. The number of amides is 1. The molecule has 2 N–H and O–H groups in total. The molecule has 0 aliphatic rings. The molecule has 0 unspecified atom stereocenters. The predicted octanol–water partition coefficient (Wildman–Crippen LogP) is 1.59. The fourth-order valence-electron chi connectivity index (χ4n) is 3.00. The Balaban J connectivity index is 1.66. The topological polar surface area (TPSA) is 115 Å². The van der Waals surface area contributed by atoms with Gasteiger partial charge in [-0.05, 0) is 11.6 Å². The minimum Gasteiger partial charge on any atom is -0.467 e. The first-order chi connectivity index (χ1) is 14.5. The number of rotatable bonds is 7. The Morgan fingerprint density at radius 3 is 2.47 bits per heavy atom. The number of aromatic nitrogens is 1. The van der Waals surface area contributed by atoms with Gasteiger partial charge in [0.15, 0.2) is 6.61 Å². The van der Waals surface area contributed by atoms with Gasteiger partial charge >= 0.3 is 11.9 Å². The Hall–Kier alpha value is -3.94. The van der Waals surface area contributed by atoms with Crippen LogP contribution in [-0.4, -0.2) is 42.6 Å². The van der Waals surface area contributed by atoms with Crippen LogP contribution < -0.4 is 10.9 Å². The van der Waals surface area contributed by atoms with E-state index >= 15 is 0 Å². The molecule has 0 bridgehead atoms. The maximum absolute atomic E-state index is 12.4. The first-order valence-corrected chi connectivity index (χ1v) is 9.18. The molecule has 0 saturated heterocycles. The first kappa shape index (κ1) is 20.8. The molecule has 0 radical (unpaired) electrons. The molecule has 1 atom stereocenters. The molecule has 0 aliphatic carbocycles. The lowest BCUT2D eigenvalue weighted by atomic mass is 10.1. The van der Waals surface area contributed by atoms with E-state index in [9.17, 15) is 19.2 Å². The van der Waals surface area contributed by atoms with Gasteiger partial charge in [-0.15, -0.1) is 0 Å². The van der Waals surface area contributed by atoms with Gasteiger partial charge in [-0.3, -0.25) is 9.59 Å². The summed E-state index contributed by atoms with van der Waals surface area (Å²) in [6.07, 6.45) is 0.228. The molecule has 1 heterocycles. The van der Waals surface area contributed by atoms with Crippen molar-refractivity contribution in [2.45, 2.75) is 12.5 Å². The average molecular weight is 408 g/mol. The monoisotopic (exact) mass is 408 g/mol. The summed E-state index contributed by atoms with van der Waals surface area (Å²) in [6, 6.07) is 16.1. The summed E-state index contributed by atoms with van der Waals surface area (Å²) in [4.78, 5) is 51.1. The zero-order valence-electron chi connectivity index (χ0n) is 16.2. The van der Waals surface area contributed by atoms with Crippen molar-refractivity contribution in [2.24, 2.45) is 0 Å². The lowest BCUT2D eigenvalue weighted by Crippen LogP contribution is -2.44. The molecule has 8 nitrogen and oxygen atoms in total. The minimum absolute atomic E-state index is 0.0518. The number of fused-ring (bicyclic) bond motifs is 1. The van der Waals surface area contributed by atoms with Crippen molar-refractivity contribution in [1.82, 2.24) is 10.3 Å². The molecule has 154 valence electrons. The third-order valence-corrected chi connectivity index (χ3v) is 4.41. The number of nitrogens with one attached hydrogen (secondary N) is 2. The second-order valence-electron chi connectivity index (χ2n) is 6.50. The molecule has 3 rings (SSSR count). The summed E-state index contributed by atoms with van der Waals surface area (Å²) in [5.41, 5.74) is 0.907. The van der Waals surface area contributed by atoms with Crippen LogP contribution in [0.25, 0.3) is 10.9 Å². The summed E-state index contributed by atoms with van der Waals surface area (Å²) in [7, 11) is 1.23. The van der Waals surface area contributed by atoms with Crippen LogP contribution in [0.3, 0.4) is 0 Å². The summed E-state index contributed by atoms with van der Waals surface area (Å²) in [6.45, 7) is -0.609. The number of methoxy groups -OCH3 is 1. The van der Waals surface area contributed by atoms with E-state index in [4.69, 9.17) is 9.47 Å². The highest BCUT2D eigenvalue weighted by Crippen LogP contribution is 2.15. The summed E-state index contributed by atoms with van der Waals surface area (Å²) < 4.78 is 9.80. The number of ether oxygens (including phenoxy) is 2. The number of hydrogen-bond acceptors (Lipinski definition) is 6. The standard InChI is InChI=1S/C22H20N2O6/c1-29-22(28)18(11-14-7-3-2-4-8-14)24-20(26)13-30-21(27)16-12-19(25)23-17-10-6-5-9-15(16)17/h2-10,12,18H,11,13H2,1H3,(H,23,25)(H,24,26)/t18-/m0/s1. The van der Waals surface area contributed by atoms with E-state index in [2.05, 4.69) is 10.3 Å². The van der Waals surface area contributed by atoms with Gasteiger partial charge in [-0.25, -0.2) is 9.59 Å². The molecule has 0 aliphatic heterocycles. The average Bonchev–Trinajstić information content (AvgIpc) is 2.76. The number of hydrogen-bond donors (Lipinski definition) is 2. The lowest BCUT2D eigenvalue weighted by molar-refractivity contribution is -0.145. The Bertz CT molecular complexity index is 1120. The number of H-pyrrole nitrogens is 1. The van der Waals surface area contributed by atoms with E-state index in [0.717, 1.165) is 11.6 Å². The van der Waals surface area contributed by atoms with Crippen LogP contribution in [0.1, 0.15) is 15.9 Å². The highest BCUT2D eigenvalue weighted by Gasteiger charge is 2.23. The third-order valence-electron chi connectivity index (χ3n) is 4.41. The van der Waals surface area contributed by atoms with E-state index in [0.29, 0.717) is 10.9 Å². The molecular formula is C22H20N2O6. The van der Waals surface area contributed by atoms with Crippen molar-refractivity contribution in [3.05, 3.63) is 82.1 Å². The van der Waals surface area contributed by atoms with Gasteiger partial charge in [0.2, 0.25) is 5.56 Å². The molecule has 0 saturated carbocycles. The Labute approximate surface area is 171 Å². The van der Waals surface area contributed by atoms with Crippen LogP contribution in [0.4, 0.5) is 0 Å². The largest absolute Gasteiger partial charge is 0.467 e. The van der Waals surface area contributed by atoms with Gasteiger partial charge in [0, 0.05) is 23.4 Å². The molecule has 3 aromatic rings. The van der Waals surface area contributed by atoms with E-state index in [1.54, 1.807) is 24.3 Å². The predicted molar refractivity (Wildman–Crippen MR) is 109 cm³/mol. The zero-order valence-corrected chi connectivity index (χ0v) is 16.2. The van der Waals surface area contributed by atoms with E-state index in [1.807, 2.05) is 30.3 Å². The lowest BCUT2D eigenvalue weighted by Gasteiger charge is -2.16. The number of carbonyl (C=O) groups excluding carboxylic acids is 3. The van der Waals surface area contributed by atoms with Crippen LogP contribution in [0.5, 0.6) is 0 Å². The Morgan fingerprint density at radius 1 is 1.03 bits per heavy atom. The summed E-state index contributed by atoms with van der Waals surface area (Å²) >= 11 is 0. The van der Waals surface area contributed by atoms with Crippen LogP contribution >= 0.6 is 0 Å². The molecule has 0 fully saturated rings. The maximum atomic E-state index is 12.4. The van der Waals surface area contributed by atoms with E-state index in [-0.39, 0.29) is 12.0 Å². The van der Waals surface area contributed by atoms with Gasteiger partial charge in [-0.1, -0.05) is 48.5 Å². The Kier molecular flexibility index (Phi) is 6.59. The van der Waals surface area contributed by atoms with Gasteiger partial charge in [0.05, 0.1) is 12.7 Å². The maximum Gasteiger partial charge on any atom is 0.339 e. The third kappa shape index (κ3) is 5.11. The van der Waals surface area contributed by atoms with Gasteiger partial charge < -0.3 is 19.8 Å².